The zero-order valence-corrected chi connectivity index (χ0v) is 18.3. The molecule has 1 aliphatic heterocycles. The van der Waals surface area contributed by atoms with Gasteiger partial charge in [0.1, 0.15) is 6.61 Å². The summed E-state index contributed by atoms with van der Waals surface area (Å²) in [6.45, 7) is 10.1. The molecule has 168 valence electrons. The van der Waals surface area contributed by atoms with E-state index in [4.69, 9.17) is 26.4 Å². The van der Waals surface area contributed by atoms with Crippen LogP contribution in [0.5, 0.6) is 0 Å². The largest absolute Gasteiger partial charge is 0.379 e. The van der Waals surface area contributed by atoms with Gasteiger partial charge in [-0.05, 0) is 31.4 Å². The lowest BCUT2D eigenvalue weighted by Crippen LogP contribution is -2.48. The summed E-state index contributed by atoms with van der Waals surface area (Å²) in [5.41, 5.74) is 7.59. The Labute approximate surface area is 182 Å². The fourth-order valence-electron chi connectivity index (χ4n) is 3.57. The van der Waals surface area contributed by atoms with Gasteiger partial charge in [-0.25, -0.2) is 0 Å². The second-order valence-corrected chi connectivity index (χ2v) is 7.70. The summed E-state index contributed by atoms with van der Waals surface area (Å²) in [6, 6.07) is 10.5. The number of benzene rings is 1. The number of ether oxygens (including phenoxy) is 3. The molecule has 2 N–H and O–H groups in total. The minimum absolute atomic E-state index is 0.102. The Bertz CT molecular complexity index is 571. The number of rotatable bonds is 16. The standard InChI is InChI=1S/C24H39N3O3/c1-2-16-28-18-20-30-21-19-29-17-8-4-7-11-26-12-14-27(15-13-26)22-24(25)23-9-5-3-6-10-23/h1,3,5-6,9-10,24H,4,7-8,11-22,25H2. The molecule has 1 saturated heterocycles. The summed E-state index contributed by atoms with van der Waals surface area (Å²) in [7, 11) is 0. The topological polar surface area (TPSA) is 60.2 Å². The summed E-state index contributed by atoms with van der Waals surface area (Å²) in [6.07, 6.45) is 8.64. The maximum Gasteiger partial charge on any atom is 0.107 e. The fourth-order valence-corrected chi connectivity index (χ4v) is 3.57. The lowest BCUT2D eigenvalue weighted by Gasteiger charge is -2.36. The number of unbranched alkanes of at least 4 members (excludes halogenated alkanes) is 2. The van der Waals surface area contributed by atoms with Crippen LogP contribution in [0.1, 0.15) is 30.9 Å². The van der Waals surface area contributed by atoms with Gasteiger partial charge in [0.15, 0.2) is 0 Å². The van der Waals surface area contributed by atoms with Gasteiger partial charge in [0.2, 0.25) is 0 Å². The van der Waals surface area contributed by atoms with Gasteiger partial charge in [-0.2, -0.15) is 0 Å². The highest BCUT2D eigenvalue weighted by Gasteiger charge is 2.18. The Hall–Kier alpha value is -1.46. The smallest absolute Gasteiger partial charge is 0.107 e. The van der Waals surface area contributed by atoms with E-state index in [1.807, 2.05) is 6.07 Å². The molecule has 1 aliphatic rings. The van der Waals surface area contributed by atoms with Crippen LogP contribution in [0.3, 0.4) is 0 Å². The van der Waals surface area contributed by atoms with Gasteiger partial charge in [-0.3, -0.25) is 4.90 Å². The maximum atomic E-state index is 6.36. The molecule has 0 radical (unpaired) electrons. The fraction of sp³-hybridized carbons (Fsp3) is 0.667. The van der Waals surface area contributed by atoms with Crippen LogP contribution in [0.4, 0.5) is 0 Å². The Kier molecular flexibility index (Phi) is 13.4. The van der Waals surface area contributed by atoms with Crippen molar-refractivity contribution in [2.75, 3.05) is 78.9 Å². The van der Waals surface area contributed by atoms with E-state index < -0.39 is 0 Å². The molecule has 1 heterocycles. The van der Waals surface area contributed by atoms with Gasteiger partial charge >= 0.3 is 0 Å². The second-order valence-electron chi connectivity index (χ2n) is 7.70. The predicted octanol–water partition coefficient (Wildman–Crippen LogP) is 2.16. The third-order valence-corrected chi connectivity index (χ3v) is 5.34. The highest BCUT2D eigenvalue weighted by atomic mass is 16.5. The Morgan fingerprint density at radius 1 is 0.833 bits per heavy atom. The summed E-state index contributed by atoms with van der Waals surface area (Å²) < 4.78 is 16.2. The zero-order chi connectivity index (χ0) is 21.3. The summed E-state index contributed by atoms with van der Waals surface area (Å²) in [5, 5.41) is 0. The Morgan fingerprint density at radius 3 is 2.17 bits per heavy atom. The number of terminal acetylenes is 1. The molecule has 0 aromatic heterocycles. The van der Waals surface area contributed by atoms with Crippen molar-refractivity contribution < 1.29 is 14.2 Å². The zero-order valence-electron chi connectivity index (χ0n) is 18.3. The van der Waals surface area contributed by atoms with Crippen LogP contribution in [0.2, 0.25) is 0 Å². The first-order valence-corrected chi connectivity index (χ1v) is 11.2. The number of hydrogen-bond donors (Lipinski definition) is 1. The van der Waals surface area contributed by atoms with E-state index in [0.717, 1.165) is 45.8 Å². The highest BCUT2D eigenvalue weighted by molar-refractivity contribution is 5.18. The molecule has 0 bridgehead atoms. The summed E-state index contributed by atoms with van der Waals surface area (Å²) in [5.74, 6) is 2.43. The van der Waals surface area contributed by atoms with Crippen LogP contribution >= 0.6 is 0 Å². The summed E-state index contributed by atoms with van der Waals surface area (Å²) >= 11 is 0. The van der Waals surface area contributed by atoms with Crippen molar-refractivity contribution in [1.82, 2.24) is 9.80 Å². The molecule has 1 atom stereocenters. The van der Waals surface area contributed by atoms with E-state index in [1.54, 1.807) is 0 Å². The van der Waals surface area contributed by atoms with Crippen molar-refractivity contribution in [3.05, 3.63) is 35.9 Å². The van der Waals surface area contributed by atoms with Crippen LogP contribution in [0, 0.1) is 12.3 Å². The van der Waals surface area contributed by atoms with Crippen molar-refractivity contribution in [1.29, 1.82) is 0 Å². The normalized spacial score (nSPS) is 16.4. The molecule has 6 heteroatoms. The van der Waals surface area contributed by atoms with E-state index >= 15 is 0 Å². The molecular formula is C24H39N3O3. The van der Waals surface area contributed by atoms with Gasteiger partial charge in [0, 0.05) is 45.4 Å². The molecule has 1 fully saturated rings. The molecule has 6 nitrogen and oxygen atoms in total. The minimum Gasteiger partial charge on any atom is -0.379 e. The van der Waals surface area contributed by atoms with E-state index in [1.165, 1.54) is 24.9 Å². The van der Waals surface area contributed by atoms with Gasteiger partial charge in [0.05, 0.1) is 26.4 Å². The van der Waals surface area contributed by atoms with Crippen molar-refractivity contribution in [3.8, 4) is 12.3 Å². The summed E-state index contributed by atoms with van der Waals surface area (Å²) in [4.78, 5) is 5.06. The van der Waals surface area contributed by atoms with E-state index in [9.17, 15) is 0 Å². The van der Waals surface area contributed by atoms with Crippen molar-refractivity contribution in [2.45, 2.75) is 25.3 Å². The van der Waals surface area contributed by atoms with Gasteiger partial charge in [-0.1, -0.05) is 36.3 Å². The van der Waals surface area contributed by atoms with E-state index in [2.05, 4.69) is 40.0 Å². The predicted molar refractivity (Wildman–Crippen MR) is 121 cm³/mol. The first-order chi connectivity index (χ1) is 14.8. The minimum atomic E-state index is 0.102. The average molecular weight is 418 g/mol. The van der Waals surface area contributed by atoms with E-state index in [0.29, 0.717) is 33.0 Å². The Balaban J connectivity index is 1.38. The Morgan fingerprint density at radius 2 is 1.47 bits per heavy atom. The molecule has 0 amide bonds. The number of nitrogens with zero attached hydrogens (tertiary/aromatic N) is 2. The first kappa shape index (κ1) is 24.8. The van der Waals surface area contributed by atoms with E-state index in [-0.39, 0.29) is 6.04 Å². The lowest BCUT2D eigenvalue weighted by molar-refractivity contribution is 0.0194. The molecular weight excluding hydrogens is 378 g/mol. The molecule has 0 spiro atoms. The third-order valence-electron chi connectivity index (χ3n) is 5.34. The van der Waals surface area contributed by atoms with Crippen molar-refractivity contribution >= 4 is 0 Å². The molecule has 0 saturated carbocycles. The van der Waals surface area contributed by atoms with Gasteiger partial charge < -0.3 is 24.8 Å². The van der Waals surface area contributed by atoms with Crippen LogP contribution in [0.25, 0.3) is 0 Å². The molecule has 1 aromatic rings. The number of hydrogen-bond acceptors (Lipinski definition) is 6. The van der Waals surface area contributed by atoms with Crippen molar-refractivity contribution in [2.24, 2.45) is 5.73 Å². The molecule has 30 heavy (non-hydrogen) atoms. The molecule has 1 aromatic carbocycles. The first-order valence-electron chi connectivity index (χ1n) is 11.2. The molecule has 0 aliphatic carbocycles. The van der Waals surface area contributed by atoms with Crippen LogP contribution in [0.15, 0.2) is 30.3 Å². The number of nitrogens with two attached hydrogens (primary N) is 1. The third kappa shape index (κ3) is 11.1. The van der Waals surface area contributed by atoms with Gasteiger partial charge in [-0.15, -0.1) is 6.42 Å². The second kappa shape index (κ2) is 16.3. The molecule has 2 rings (SSSR count). The average Bonchev–Trinajstić information content (AvgIpc) is 2.78. The SMILES string of the molecule is C#CCOCCOCCOCCCCCN1CCN(CC(N)c2ccccc2)CC1. The highest BCUT2D eigenvalue weighted by Crippen LogP contribution is 2.13. The van der Waals surface area contributed by atoms with Gasteiger partial charge in [0.25, 0.3) is 0 Å². The van der Waals surface area contributed by atoms with Crippen LogP contribution in [-0.4, -0.2) is 88.7 Å². The lowest BCUT2D eigenvalue weighted by atomic mass is 10.1. The molecule has 1 unspecified atom stereocenters. The monoisotopic (exact) mass is 417 g/mol. The van der Waals surface area contributed by atoms with Crippen LogP contribution in [-0.2, 0) is 14.2 Å². The quantitative estimate of drug-likeness (QED) is 0.329. The van der Waals surface area contributed by atoms with Crippen molar-refractivity contribution in [3.63, 3.8) is 0 Å². The maximum absolute atomic E-state index is 6.36. The van der Waals surface area contributed by atoms with Crippen LogP contribution < -0.4 is 5.73 Å². The number of piperazine rings is 1.